The second kappa shape index (κ2) is 5.56. The number of rotatable bonds is 4. The van der Waals surface area contributed by atoms with E-state index in [0.717, 1.165) is 6.42 Å². The molecule has 1 N–H and O–H groups in total. The van der Waals surface area contributed by atoms with Crippen molar-refractivity contribution in [2.24, 2.45) is 5.92 Å². The number of hydrogen-bond acceptors (Lipinski definition) is 3. The van der Waals surface area contributed by atoms with E-state index in [-0.39, 0.29) is 11.2 Å². The van der Waals surface area contributed by atoms with Crippen LogP contribution in [0.5, 0.6) is 0 Å². The molecule has 0 saturated carbocycles. The first kappa shape index (κ1) is 12.5. The van der Waals surface area contributed by atoms with Crippen LogP contribution in [0.3, 0.4) is 0 Å². The van der Waals surface area contributed by atoms with Crippen LogP contribution in [0.1, 0.15) is 19.4 Å². The lowest BCUT2D eigenvalue weighted by Crippen LogP contribution is -2.33. The number of fused-ring (bicyclic) bond motifs is 1. The minimum Gasteiger partial charge on any atom is -0.273 e. The number of benzene rings is 1. The van der Waals surface area contributed by atoms with E-state index >= 15 is 0 Å². The number of carbonyl (C=O) groups excluding carboxylic acids is 1. The second-order valence-corrected chi connectivity index (χ2v) is 5.83. The zero-order valence-electron chi connectivity index (χ0n) is 10.1. The van der Waals surface area contributed by atoms with Crippen LogP contribution in [0, 0.1) is 5.92 Å². The predicted molar refractivity (Wildman–Crippen MR) is 68.7 cm³/mol. The Kier molecular flexibility index (Phi) is 4.07. The largest absolute Gasteiger partial charge is 0.273 e. The van der Waals surface area contributed by atoms with Crippen molar-refractivity contribution < 1.29 is 9.63 Å². The van der Waals surface area contributed by atoms with Gasteiger partial charge < -0.3 is 0 Å². The van der Waals surface area contributed by atoms with E-state index in [9.17, 15) is 4.79 Å². The predicted octanol–water partition coefficient (Wildman–Crippen LogP) is 2.41. The lowest BCUT2D eigenvalue weighted by atomic mass is 10.1. The Morgan fingerprint density at radius 3 is 3.00 bits per heavy atom. The van der Waals surface area contributed by atoms with Gasteiger partial charge in [0, 0.05) is 4.90 Å². The fourth-order valence-electron chi connectivity index (χ4n) is 1.67. The summed E-state index contributed by atoms with van der Waals surface area (Å²) in [4.78, 5) is 18.2. The standard InChI is InChI=1S/C13H17NO2S/c1-9(2)8-16-14-13(15)12-7-10-5-3-4-6-11(10)17-12/h3-6,9,12H,7-8H2,1-2H3,(H,14,15). The summed E-state index contributed by atoms with van der Waals surface area (Å²) < 4.78 is 0. The lowest BCUT2D eigenvalue weighted by Gasteiger charge is -2.11. The molecule has 1 atom stereocenters. The van der Waals surface area contributed by atoms with E-state index in [1.54, 1.807) is 11.8 Å². The molecule has 1 aromatic carbocycles. The Labute approximate surface area is 106 Å². The van der Waals surface area contributed by atoms with Gasteiger partial charge in [0.05, 0.1) is 11.9 Å². The van der Waals surface area contributed by atoms with Gasteiger partial charge in [-0.15, -0.1) is 11.8 Å². The van der Waals surface area contributed by atoms with Crippen LogP contribution in [0.2, 0.25) is 0 Å². The summed E-state index contributed by atoms with van der Waals surface area (Å²) in [5.74, 6) is 0.385. The van der Waals surface area contributed by atoms with E-state index < -0.39 is 0 Å². The molecular formula is C13H17NO2S. The van der Waals surface area contributed by atoms with Gasteiger partial charge in [0.15, 0.2) is 0 Å². The van der Waals surface area contributed by atoms with Gasteiger partial charge in [-0.1, -0.05) is 32.0 Å². The van der Waals surface area contributed by atoms with Crippen LogP contribution in [-0.2, 0) is 16.1 Å². The highest BCUT2D eigenvalue weighted by atomic mass is 32.2. The van der Waals surface area contributed by atoms with Crippen LogP contribution < -0.4 is 5.48 Å². The van der Waals surface area contributed by atoms with Crippen LogP contribution in [0.15, 0.2) is 29.2 Å². The summed E-state index contributed by atoms with van der Waals surface area (Å²) in [5.41, 5.74) is 3.78. The van der Waals surface area contributed by atoms with Gasteiger partial charge in [-0.25, -0.2) is 5.48 Å². The average Bonchev–Trinajstić information content (AvgIpc) is 2.71. The number of carbonyl (C=O) groups is 1. The molecule has 0 fully saturated rings. The van der Waals surface area contributed by atoms with Gasteiger partial charge in [0.25, 0.3) is 5.91 Å². The third kappa shape index (κ3) is 3.23. The minimum absolute atomic E-state index is 0.0353. The molecule has 1 unspecified atom stereocenters. The molecule has 0 aromatic heterocycles. The van der Waals surface area contributed by atoms with Crippen molar-refractivity contribution in [3.63, 3.8) is 0 Å². The van der Waals surface area contributed by atoms with Crippen molar-refractivity contribution in [1.82, 2.24) is 5.48 Å². The van der Waals surface area contributed by atoms with E-state index in [1.165, 1.54) is 10.5 Å². The Bertz CT molecular complexity index is 381. The van der Waals surface area contributed by atoms with Gasteiger partial charge in [-0.05, 0) is 24.0 Å². The van der Waals surface area contributed by atoms with E-state index in [2.05, 4.69) is 17.6 Å². The maximum absolute atomic E-state index is 11.8. The van der Waals surface area contributed by atoms with Crippen molar-refractivity contribution in [2.75, 3.05) is 6.61 Å². The summed E-state index contributed by atoms with van der Waals surface area (Å²) in [6.45, 7) is 4.65. The molecule has 1 amide bonds. The van der Waals surface area contributed by atoms with Crippen LogP contribution >= 0.6 is 11.8 Å². The van der Waals surface area contributed by atoms with E-state index in [4.69, 9.17) is 4.84 Å². The first-order valence-electron chi connectivity index (χ1n) is 5.83. The summed E-state index contributed by atoms with van der Waals surface area (Å²) in [7, 11) is 0. The molecule has 0 saturated heterocycles. The maximum atomic E-state index is 11.8. The van der Waals surface area contributed by atoms with Gasteiger partial charge >= 0.3 is 0 Å². The van der Waals surface area contributed by atoms with Crippen LogP contribution in [0.25, 0.3) is 0 Å². The number of amides is 1. The zero-order chi connectivity index (χ0) is 12.3. The van der Waals surface area contributed by atoms with Gasteiger partial charge in [0.2, 0.25) is 0 Å². The van der Waals surface area contributed by atoms with Crippen LogP contribution in [-0.4, -0.2) is 17.8 Å². The molecular weight excluding hydrogens is 234 g/mol. The summed E-state index contributed by atoms with van der Waals surface area (Å²) in [6.07, 6.45) is 0.789. The van der Waals surface area contributed by atoms with Crippen LogP contribution in [0.4, 0.5) is 0 Å². The highest BCUT2D eigenvalue weighted by Crippen LogP contribution is 2.36. The molecule has 4 heteroatoms. The van der Waals surface area contributed by atoms with Crippen molar-refractivity contribution in [1.29, 1.82) is 0 Å². The topological polar surface area (TPSA) is 38.3 Å². The highest BCUT2D eigenvalue weighted by Gasteiger charge is 2.27. The van der Waals surface area contributed by atoms with Gasteiger partial charge in [-0.2, -0.15) is 0 Å². The Morgan fingerprint density at radius 1 is 1.53 bits per heavy atom. The monoisotopic (exact) mass is 251 g/mol. The Hall–Kier alpha value is -1.00. The first-order valence-corrected chi connectivity index (χ1v) is 6.71. The normalized spacial score (nSPS) is 18.2. The quantitative estimate of drug-likeness (QED) is 0.835. The number of thioether (sulfide) groups is 1. The van der Waals surface area contributed by atoms with Gasteiger partial charge in [0.1, 0.15) is 0 Å². The third-order valence-electron chi connectivity index (χ3n) is 2.53. The molecule has 0 bridgehead atoms. The smallest absolute Gasteiger partial charge is 0.257 e. The number of hydrogen-bond donors (Lipinski definition) is 1. The maximum Gasteiger partial charge on any atom is 0.257 e. The molecule has 92 valence electrons. The molecule has 17 heavy (non-hydrogen) atoms. The minimum atomic E-state index is -0.0560. The SMILES string of the molecule is CC(C)CONC(=O)C1Cc2ccccc2S1. The van der Waals surface area contributed by atoms with Crippen molar-refractivity contribution in [2.45, 2.75) is 30.4 Å². The summed E-state index contributed by atoms with van der Waals surface area (Å²) >= 11 is 1.61. The van der Waals surface area contributed by atoms with E-state index in [0.29, 0.717) is 12.5 Å². The molecule has 0 aliphatic carbocycles. The molecule has 0 radical (unpaired) electrons. The molecule has 3 nitrogen and oxygen atoms in total. The molecule has 1 aromatic rings. The number of nitrogens with one attached hydrogen (secondary N) is 1. The van der Waals surface area contributed by atoms with Crippen molar-refractivity contribution in [3.05, 3.63) is 29.8 Å². The summed E-state index contributed by atoms with van der Waals surface area (Å²) in [6, 6.07) is 8.14. The van der Waals surface area contributed by atoms with Crippen molar-refractivity contribution in [3.8, 4) is 0 Å². The molecule has 2 rings (SSSR count). The third-order valence-corrected chi connectivity index (χ3v) is 3.85. The van der Waals surface area contributed by atoms with Crippen molar-refractivity contribution >= 4 is 17.7 Å². The first-order chi connectivity index (χ1) is 8.16. The number of hydroxylamine groups is 1. The molecule has 1 heterocycles. The lowest BCUT2D eigenvalue weighted by molar-refractivity contribution is -0.133. The summed E-state index contributed by atoms with van der Waals surface area (Å²) in [5, 5.41) is -0.0560. The molecule has 1 aliphatic heterocycles. The second-order valence-electron chi connectivity index (χ2n) is 4.59. The fourth-order valence-corrected chi connectivity index (χ4v) is 2.86. The highest BCUT2D eigenvalue weighted by molar-refractivity contribution is 8.01. The Balaban J connectivity index is 1.84. The zero-order valence-corrected chi connectivity index (χ0v) is 10.9. The van der Waals surface area contributed by atoms with E-state index in [1.807, 2.05) is 26.0 Å². The molecule has 0 spiro atoms. The average molecular weight is 251 g/mol. The van der Waals surface area contributed by atoms with Gasteiger partial charge in [-0.3, -0.25) is 9.63 Å². The molecule has 1 aliphatic rings. The Morgan fingerprint density at radius 2 is 2.29 bits per heavy atom. The fraction of sp³-hybridized carbons (Fsp3) is 0.462.